The van der Waals surface area contributed by atoms with Crippen LogP contribution in [0.2, 0.25) is 0 Å². The fraction of sp³-hybridized carbons (Fsp3) is 0.316. The number of pyridine rings is 2. The highest BCUT2D eigenvalue weighted by molar-refractivity contribution is 6.03. The van der Waals surface area contributed by atoms with E-state index in [1.807, 2.05) is 0 Å². The molecule has 1 aliphatic rings. The van der Waals surface area contributed by atoms with Crippen molar-refractivity contribution in [3.63, 3.8) is 0 Å². The Labute approximate surface area is 161 Å². The van der Waals surface area contributed by atoms with Crippen molar-refractivity contribution in [3.8, 4) is 0 Å². The number of nitrogens with one attached hydrogen (secondary N) is 1. The molecule has 0 aromatic carbocycles. The van der Waals surface area contributed by atoms with Gasteiger partial charge in [-0.25, -0.2) is 9.31 Å². The van der Waals surface area contributed by atoms with E-state index in [1.54, 1.807) is 30.5 Å². The Kier molecular flexibility index (Phi) is 4.64. The molecule has 1 unspecified atom stereocenters. The summed E-state index contributed by atoms with van der Waals surface area (Å²) in [6.45, 7) is 3.76. The first-order valence-electron chi connectivity index (χ1n) is 9.12. The Morgan fingerprint density at radius 2 is 2.14 bits per heavy atom. The lowest BCUT2D eigenvalue weighted by Gasteiger charge is -2.33. The number of carbonyl (C=O) groups excluding carboxylic acids is 1. The van der Waals surface area contributed by atoms with E-state index < -0.39 is 11.9 Å². The van der Waals surface area contributed by atoms with Crippen molar-refractivity contribution in [2.75, 3.05) is 23.3 Å². The topological polar surface area (TPSA) is 113 Å². The number of carboxylic acids is 1. The van der Waals surface area contributed by atoms with E-state index in [-0.39, 0.29) is 11.6 Å². The summed E-state index contributed by atoms with van der Waals surface area (Å²) >= 11 is 0. The second-order valence-corrected chi connectivity index (χ2v) is 6.97. The molecule has 9 nitrogen and oxygen atoms in total. The molecule has 4 rings (SSSR count). The first kappa shape index (κ1) is 17.9. The average molecular weight is 380 g/mol. The van der Waals surface area contributed by atoms with E-state index in [1.165, 1.54) is 10.7 Å². The molecule has 4 heterocycles. The number of carboxylic acid groups (broad SMARTS) is 1. The quantitative estimate of drug-likeness (QED) is 0.714. The molecule has 0 spiro atoms. The van der Waals surface area contributed by atoms with Crippen LogP contribution in [-0.4, -0.2) is 49.7 Å². The van der Waals surface area contributed by atoms with Crippen LogP contribution in [0, 0.1) is 5.92 Å². The molecule has 1 saturated heterocycles. The normalized spacial score (nSPS) is 16.9. The van der Waals surface area contributed by atoms with Gasteiger partial charge in [0.05, 0.1) is 11.3 Å². The molecule has 0 aliphatic carbocycles. The third-order valence-electron chi connectivity index (χ3n) is 4.83. The van der Waals surface area contributed by atoms with E-state index in [9.17, 15) is 14.7 Å². The van der Waals surface area contributed by atoms with Crippen LogP contribution < -0.4 is 10.2 Å². The van der Waals surface area contributed by atoms with Gasteiger partial charge in [-0.15, -0.1) is 5.10 Å². The third kappa shape index (κ3) is 3.38. The average Bonchev–Trinajstić information content (AvgIpc) is 3.09. The van der Waals surface area contributed by atoms with E-state index in [0.29, 0.717) is 22.8 Å². The fourth-order valence-electron chi connectivity index (χ4n) is 3.52. The molecule has 144 valence electrons. The van der Waals surface area contributed by atoms with E-state index >= 15 is 0 Å². The largest absolute Gasteiger partial charge is 0.476 e. The minimum atomic E-state index is -1.09. The maximum Gasteiger partial charge on any atom is 0.356 e. The van der Waals surface area contributed by atoms with Crippen LogP contribution in [0.4, 0.5) is 11.6 Å². The van der Waals surface area contributed by atoms with Crippen LogP contribution in [0.5, 0.6) is 0 Å². The predicted molar refractivity (Wildman–Crippen MR) is 103 cm³/mol. The van der Waals surface area contributed by atoms with Gasteiger partial charge in [-0.2, -0.15) is 4.98 Å². The van der Waals surface area contributed by atoms with Crippen LogP contribution in [0.25, 0.3) is 5.65 Å². The molecule has 0 saturated carbocycles. The second kappa shape index (κ2) is 7.26. The molecule has 0 bridgehead atoms. The number of carbonyl (C=O) groups is 2. The van der Waals surface area contributed by atoms with E-state index in [4.69, 9.17) is 0 Å². The predicted octanol–water partition coefficient (Wildman–Crippen LogP) is 2.31. The van der Waals surface area contributed by atoms with Crippen LogP contribution >= 0.6 is 0 Å². The van der Waals surface area contributed by atoms with Gasteiger partial charge in [0.2, 0.25) is 5.95 Å². The summed E-state index contributed by atoms with van der Waals surface area (Å²) < 4.78 is 1.27. The molecule has 1 aliphatic heterocycles. The third-order valence-corrected chi connectivity index (χ3v) is 4.83. The number of fused-ring (bicyclic) bond motifs is 1. The van der Waals surface area contributed by atoms with Gasteiger partial charge in [0, 0.05) is 25.5 Å². The highest BCUT2D eigenvalue weighted by Crippen LogP contribution is 2.27. The molecule has 3 aromatic heterocycles. The van der Waals surface area contributed by atoms with Crippen molar-refractivity contribution in [2.45, 2.75) is 19.8 Å². The molecule has 3 aromatic rings. The van der Waals surface area contributed by atoms with Crippen molar-refractivity contribution >= 4 is 29.2 Å². The molecule has 1 amide bonds. The minimum absolute atomic E-state index is 0.0421. The molecule has 2 N–H and O–H groups in total. The molecule has 0 radical (unpaired) electrons. The lowest BCUT2D eigenvalue weighted by molar-refractivity contribution is 0.0688. The molecule has 1 fully saturated rings. The van der Waals surface area contributed by atoms with Gasteiger partial charge >= 0.3 is 5.97 Å². The number of anilines is 2. The number of aromatic carboxylic acids is 1. The summed E-state index contributed by atoms with van der Waals surface area (Å²) in [7, 11) is 0. The lowest BCUT2D eigenvalue weighted by Crippen LogP contribution is -2.35. The lowest BCUT2D eigenvalue weighted by atomic mass is 9.99. The number of piperidine rings is 1. The van der Waals surface area contributed by atoms with Crippen LogP contribution in [0.1, 0.15) is 40.6 Å². The summed E-state index contributed by atoms with van der Waals surface area (Å²) in [5, 5.41) is 16.6. The Hall–Kier alpha value is -3.49. The monoisotopic (exact) mass is 380 g/mol. The van der Waals surface area contributed by atoms with Gasteiger partial charge in [-0.05, 0) is 43.0 Å². The number of hydrogen-bond acceptors (Lipinski definition) is 6. The standard InChI is InChI=1S/C19H20N6O3/c1-12-4-3-9-24(11-12)14-6-7-15-21-19(23-25(15)16(14)18(27)28)22-17(26)13-5-2-8-20-10-13/h2,5-8,10,12H,3-4,9,11H2,1H3,(H,27,28)(H,22,23,26). The number of hydrogen-bond donors (Lipinski definition) is 2. The van der Waals surface area contributed by atoms with Crippen molar-refractivity contribution in [2.24, 2.45) is 5.92 Å². The SMILES string of the molecule is CC1CCCN(c2ccc3nc(NC(=O)c4cccnc4)nn3c2C(=O)O)C1. The van der Waals surface area contributed by atoms with E-state index in [2.05, 4.69) is 32.2 Å². The number of nitrogens with zero attached hydrogens (tertiary/aromatic N) is 5. The number of rotatable bonds is 4. The van der Waals surface area contributed by atoms with Crippen LogP contribution in [-0.2, 0) is 0 Å². The number of amides is 1. The first-order chi connectivity index (χ1) is 13.5. The highest BCUT2D eigenvalue weighted by atomic mass is 16.4. The fourth-order valence-corrected chi connectivity index (χ4v) is 3.52. The summed E-state index contributed by atoms with van der Waals surface area (Å²) in [5.74, 6) is -0.962. The Morgan fingerprint density at radius 1 is 1.29 bits per heavy atom. The van der Waals surface area contributed by atoms with Crippen molar-refractivity contribution in [1.29, 1.82) is 0 Å². The zero-order valence-corrected chi connectivity index (χ0v) is 15.4. The Bertz CT molecular complexity index is 1030. The molecule has 1 atom stereocenters. The van der Waals surface area contributed by atoms with Crippen LogP contribution in [0.15, 0.2) is 36.7 Å². The smallest absolute Gasteiger partial charge is 0.356 e. The Morgan fingerprint density at radius 3 is 2.86 bits per heavy atom. The van der Waals surface area contributed by atoms with Gasteiger partial charge in [0.15, 0.2) is 11.3 Å². The molecular weight excluding hydrogens is 360 g/mol. The van der Waals surface area contributed by atoms with Gasteiger partial charge in [0.1, 0.15) is 0 Å². The zero-order chi connectivity index (χ0) is 19.7. The van der Waals surface area contributed by atoms with Gasteiger partial charge < -0.3 is 10.0 Å². The summed E-state index contributed by atoms with van der Waals surface area (Å²) in [6.07, 6.45) is 5.16. The van der Waals surface area contributed by atoms with Gasteiger partial charge in [-0.1, -0.05) is 6.92 Å². The van der Waals surface area contributed by atoms with Crippen molar-refractivity contribution in [1.82, 2.24) is 19.6 Å². The maximum absolute atomic E-state index is 12.3. The van der Waals surface area contributed by atoms with Crippen molar-refractivity contribution in [3.05, 3.63) is 47.9 Å². The number of aromatic nitrogens is 4. The zero-order valence-electron chi connectivity index (χ0n) is 15.4. The van der Waals surface area contributed by atoms with Gasteiger partial charge in [-0.3, -0.25) is 15.1 Å². The Balaban J connectivity index is 1.70. The summed E-state index contributed by atoms with van der Waals surface area (Å²) in [6, 6.07) is 6.75. The molecular formula is C19H20N6O3. The molecule has 9 heteroatoms. The maximum atomic E-state index is 12.3. The van der Waals surface area contributed by atoms with Crippen molar-refractivity contribution < 1.29 is 14.7 Å². The van der Waals surface area contributed by atoms with Gasteiger partial charge in [0.25, 0.3) is 5.91 Å². The molecule has 28 heavy (non-hydrogen) atoms. The second-order valence-electron chi connectivity index (χ2n) is 6.97. The first-order valence-corrected chi connectivity index (χ1v) is 9.12. The summed E-state index contributed by atoms with van der Waals surface area (Å²) in [4.78, 5) is 34.5. The minimum Gasteiger partial charge on any atom is -0.476 e. The van der Waals surface area contributed by atoms with E-state index in [0.717, 1.165) is 25.9 Å². The van der Waals surface area contributed by atoms with Crippen LogP contribution in [0.3, 0.4) is 0 Å². The summed E-state index contributed by atoms with van der Waals surface area (Å²) in [5.41, 5.74) is 1.37. The highest BCUT2D eigenvalue weighted by Gasteiger charge is 2.25.